The van der Waals surface area contributed by atoms with E-state index in [0.29, 0.717) is 24.0 Å². The lowest BCUT2D eigenvalue weighted by Gasteiger charge is -2.58. The maximum absolute atomic E-state index is 12.5. The normalized spacial score (nSPS) is 40.2. The zero-order valence-corrected chi connectivity index (χ0v) is 13.6. The Morgan fingerprint density at radius 1 is 1.25 bits per heavy atom. The minimum atomic E-state index is 0.178. The van der Waals surface area contributed by atoms with Gasteiger partial charge in [0, 0.05) is 18.8 Å². The lowest BCUT2D eigenvalue weighted by atomic mass is 9.46. The van der Waals surface area contributed by atoms with Crippen molar-refractivity contribution in [2.24, 2.45) is 28.6 Å². The zero-order valence-electron chi connectivity index (χ0n) is 13.6. The van der Waals surface area contributed by atoms with Gasteiger partial charge in [-0.2, -0.15) is 0 Å². The molecule has 2 fully saturated rings. The summed E-state index contributed by atoms with van der Waals surface area (Å²) in [6.07, 6.45) is 8.19. The highest BCUT2D eigenvalue weighted by Gasteiger charge is 2.55. The first kappa shape index (κ1) is 15.7. The number of carbonyl (C=O) groups is 2. The molecule has 2 nitrogen and oxygen atoms in total. The highest BCUT2D eigenvalue weighted by Crippen LogP contribution is 2.61. The van der Waals surface area contributed by atoms with Crippen LogP contribution in [-0.2, 0) is 9.59 Å². The molecule has 0 bridgehead atoms. The van der Waals surface area contributed by atoms with Crippen LogP contribution < -0.4 is 0 Å². The van der Waals surface area contributed by atoms with Gasteiger partial charge in [-0.3, -0.25) is 4.79 Å². The number of Topliss-reactive ketones (excluding diaryl/α,β-unsaturated/α-hetero) is 1. The fraction of sp³-hybridized carbons (Fsp3) is 0.889. The summed E-state index contributed by atoms with van der Waals surface area (Å²) in [6, 6.07) is 0. The molecule has 0 amide bonds. The van der Waals surface area contributed by atoms with E-state index < -0.39 is 0 Å². The van der Waals surface area contributed by atoms with Crippen LogP contribution in [0.4, 0.5) is 0 Å². The van der Waals surface area contributed by atoms with Crippen molar-refractivity contribution in [3.05, 3.63) is 0 Å². The molecule has 0 aromatic rings. The number of carbonyl (C=O) groups excluding carboxylic acids is 2. The van der Waals surface area contributed by atoms with Gasteiger partial charge in [-0.25, -0.2) is 0 Å². The minimum absolute atomic E-state index is 0.178. The average molecular weight is 278 g/mol. The van der Waals surface area contributed by atoms with Gasteiger partial charge in [0.2, 0.25) is 0 Å². The third-order valence-corrected chi connectivity index (χ3v) is 6.48. The van der Waals surface area contributed by atoms with Gasteiger partial charge < -0.3 is 4.79 Å². The molecule has 2 rings (SSSR count). The highest BCUT2D eigenvalue weighted by atomic mass is 16.1. The van der Waals surface area contributed by atoms with E-state index >= 15 is 0 Å². The largest absolute Gasteiger partial charge is 0.303 e. The summed E-state index contributed by atoms with van der Waals surface area (Å²) in [7, 11) is 0. The van der Waals surface area contributed by atoms with Gasteiger partial charge in [0.05, 0.1) is 0 Å². The summed E-state index contributed by atoms with van der Waals surface area (Å²) < 4.78 is 0. The Balaban J connectivity index is 2.26. The number of hydrogen-bond acceptors (Lipinski definition) is 2. The molecular weight excluding hydrogens is 248 g/mol. The molecule has 2 aliphatic rings. The second-order valence-electron chi connectivity index (χ2n) is 8.06. The van der Waals surface area contributed by atoms with Crippen molar-refractivity contribution in [3.8, 4) is 0 Å². The second kappa shape index (κ2) is 5.61. The SMILES string of the molecule is C[C@H]1C(=O)C[C@H]2C(C)(C)CCC[C@]2(C)[C@H]1CCCC=O. The molecule has 0 spiro atoms. The van der Waals surface area contributed by atoms with Crippen molar-refractivity contribution in [1.29, 1.82) is 0 Å². The predicted molar refractivity (Wildman–Crippen MR) is 81.4 cm³/mol. The standard InChI is InChI=1S/C18H30O2/c1-13-14(8-5-6-11-19)18(4)10-7-9-17(2,3)16(18)12-15(13)20/h11,13-14,16H,5-10,12H2,1-4H3/t13-,14+,16+,18-/m1/s1. The third kappa shape index (κ3) is 2.58. The van der Waals surface area contributed by atoms with Crippen molar-refractivity contribution < 1.29 is 9.59 Å². The zero-order chi connectivity index (χ0) is 15.0. The number of fused-ring (bicyclic) bond motifs is 1. The third-order valence-electron chi connectivity index (χ3n) is 6.48. The number of ketones is 1. The van der Waals surface area contributed by atoms with Gasteiger partial charge >= 0.3 is 0 Å². The van der Waals surface area contributed by atoms with Crippen LogP contribution in [0.1, 0.15) is 72.6 Å². The van der Waals surface area contributed by atoms with Crippen LogP contribution >= 0.6 is 0 Å². The molecule has 0 aliphatic heterocycles. The van der Waals surface area contributed by atoms with E-state index in [1.807, 2.05) is 0 Å². The summed E-state index contributed by atoms with van der Waals surface area (Å²) in [5.74, 6) is 1.62. The Morgan fingerprint density at radius 2 is 1.95 bits per heavy atom. The summed E-state index contributed by atoms with van der Waals surface area (Å²) in [5.41, 5.74) is 0.573. The van der Waals surface area contributed by atoms with Gasteiger partial charge in [0.1, 0.15) is 12.1 Å². The number of aldehydes is 1. The van der Waals surface area contributed by atoms with Gasteiger partial charge in [0.25, 0.3) is 0 Å². The molecule has 4 atom stereocenters. The van der Waals surface area contributed by atoms with E-state index in [1.165, 1.54) is 19.3 Å². The molecule has 0 unspecified atom stereocenters. The monoisotopic (exact) mass is 278 g/mol. The van der Waals surface area contributed by atoms with Gasteiger partial charge in [-0.1, -0.05) is 34.1 Å². The first-order chi connectivity index (χ1) is 9.33. The Morgan fingerprint density at radius 3 is 2.60 bits per heavy atom. The number of unbranched alkanes of at least 4 members (excludes halogenated alkanes) is 1. The van der Waals surface area contributed by atoms with E-state index in [2.05, 4.69) is 27.7 Å². The van der Waals surface area contributed by atoms with E-state index in [1.54, 1.807) is 0 Å². The Labute approximate surface area is 123 Å². The Kier molecular flexibility index (Phi) is 4.41. The van der Waals surface area contributed by atoms with E-state index in [4.69, 9.17) is 0 Å². The van der Waals surface area contributed by atoms with Crippen LogP contribution in [0.2, 0.25) is 0 Å². The topological polar surface area (TPSA) is 34.1 Å². The average Bonchev–Trinajstić information content (AvgIpc) is 2.36. The molecule has 0 aromatic carbocycles. The van der Waals surface area contributed by atoms with Crippen LogP contribution in [0, 0.1) is 28.6 Å². The second-order valence-corrected chi connectivity index (χ2v) is 8.06. The Hall–Kier alpha value is -0.660. The lowest BCUT2D eigenvalue weighted by molar-refractivity contribution is -0.148. The van der Waals surface area contributed by atoms with Crippen molar-refractivity contribution in [2.45, 2.75) is 72.6 Å². The molecule has 0 aromatic heterocycles. The molecule has 2 aliphatic carbocycles. The number of hydrogen-bond donors (Lipinski definition) is 0. The molecule has 0 radical (unpaired) electrons. The van der Waals surface area contributed by atoms with Crippen LogP contribution in [0.5, 0.6) is 0 Å². The first-order valence-corrected chi connectivity index (χ1v) is 8.29. The van der Waals surface area contributed by atoms with Gasteiger partial charge in [-0.05, 0) is 48.3 Å². The molecule has 20 heavy (non-hydrogen) atoms. The summed E-state index contributed by atoms with van der Waals surface area (Å²) in [5, 5.41) is 0. The number of rotatable bonds is 4. The van der Waals surface area contributed by atoms with E-state index in [0.717, 1.165) is 25.5 Å². The minimum Gasteiger partial charge on any atom is -0.303 e. The van der Waals surface area contributed by atoms with Crippen molar-refractivity contribution >= 4 is 12.1 Å². The summed E-state index contributed by atoms with van der Waals surface area (Å²) in [6.45, 7) is 9.24. The fourth-order valence-corrected chi connectivity index (χ4v) is 5.30. The van der Waals surface area contributed by atoms with E-state index in [9.17, 15) is 9.59 Å². The smallest absolute Gasteiger partial charge is 0.136 e. The van der Waals surface area contributed by atoms with E-state index in [-0.39, 0.29) is 16.7 Å². The molecule has 0 N–H and O–H groups in total. The fourth-order valence-electron chi connectivity index (χ4n) is 5.30. The maximum atomic E-state index is 12.5. The van der Waals surface area contributed by atoms with Crippen LogP contribution in [0.15, 0.2) is 0 Å². The van der Waals surface area contributed by atoms with Gasteiger partial charge in [0.15, 0.2) is 0 Å². The predicted octanol–water partition coefficient (Wildman–Crippen LogP) is 4.41. The van der Waals surface area contributed by atoms with Gasteiger partial charge in [-0.15, -0.1) is 0 Å². The molecule has 2 saturated carbocycles. The highest BCUT2D eigenvalue weighted by molar-refractivity contribution is 5.82. The lowest BCUT2D eigenvalue weighted by Crippen LogP contribution is -2.54. The molecule has 0 saturated heterocycles. The maximum Gasteiger partial charge on any atom is 0.136 e. The van der Waals surface area contributed by atoms with Crippen LogP contribution in [0.3, 0.4) is 0 Å². The summed E-state index contributed by atoms with van der Waals surface area (Å²) in [4.78, 5) is 23.0. The molecular formula is C18H30O2. The van der Waals surface area contributed by atoms with Crippen molar-refractivity contribution in [1.82, 2.24) is 0 Å². The van der Waals surface area contributed by atoms with Crippen LogP contribution in [0.25, 0.3) is 0 Å². The molecule has 0 heterocycles. The van der Waals surface area contributed by atoms with Crippen molar-refractivity contribution in [2.75, 3.05) is 0 Å². The first-order valence-electron chi connectivity index (χ1n) is 8.29. The molecule has 2 heteroatoms. The van der Waals surface area contributed by atoms with Crippen LogP contribution in [-0.4, -0.2) is 12.1 Å². The quantitative estimate of drug-likeness (QED) is 0.563. The van der Waals surface area contributed by atoms with Crippen molar-refractivity contribution in [3.63, 3.8) is 0 Å². The molecule has 114 valence electrons. The Bertz CT molecular complexity index is 385. The summed E-state index contributed by atoms with van der Waals surface area (Å²) >= 11 is 0.